The lowest BCUT2D eigenvalue weighted by molar-refractivity contribution is -0.384. The van der Waals surface area contributed by atoms with Crippen LogP contribution in [0.15, 0.2) is 18.2 Å². The van der Waals surface area contributed by atoms with Crippen LogP contribution < -0.4 is 10.6 Å². The topological polar surface area (TPSA) is 113 Å². The van der Waals surface area contributed by atoms with Gasteiger partial charge in [-0.25, -0.2) is 0 Å². The quantitative estimate of drug-likeness (QED) is 0.667. The number of nitro benzene ring substituents is 1. The van der Waals surface area contributed by atoms with E-state index in [-0.39, 0.29) is 17.5 Å². The highest BCUT2D eigenvalue weighted by Crippen LogP contribution is 2.29. The van der Waals surface area contributed by atoms with Crippen LogP contribution >= 0.6 is 0 Å². The number of nitriles is 1. The van der Waals surface area contributed by atoms with Crippen molar-refractivity contribution in [1.29, 1.82) is 5.26 Å². The average Bonchev–Trinajstić information content (AvgIpc) is 2.46. The number of amides is 1. The van der Waals surface area contributed by atoms with Gasteiger partial charge in [0.25, 0.3) is 5.69 Å². The number of nitrogens with two attached hydrogens (primary N) is 1. The van der Waals surface area contributed by atoms with Crippen molar-refractivity contribution in [1.82, 2.24) is 0 Å². The third-order valence-corrected chi connectivity index (χ3v) is 3.76. The van der Waals surface area contributed by atoms with Crippen LogP contribution in [0, 0.1) is 27.4 Å². The van der Waals surface area contributed by atoms with Gasteiger partial charge in [-0.05, 0) is 24.8 Å². The third-order valence-electron chi connectivity index (χ3n) is 3.76. The minimum Gasteiger partial charge on any atom is -0.370 e. The normalized spacial score (nSPS) is 15.5. The van der Waals surface area contributed by atoms with Crippen molar-refractivity contribution in [3.63, 3.8) is 0 Å². The van der Waals surface area contributed by atoms with Crippen LogP contribution in [0.4, 0.5) is 11.4 Å². The fourth-order valence-electron chi connectivity index (χ4n) is 2.67. The number of non-ortho nitro benzene ring substituents is 1. The van der Waals surface area contributed by atoms with Gasteiger partial charge in [-0.3, -0.25) is 14.9 Å². The Morgan fingerprint density at radius 2 is 2.14 bits per heavy atom. The first-order valence-corrected chi connectivity index (χ1v) is 6.73. The van der Waals surface area contributed by atoms with Gasteiger partial charge < -0.3 is 10.6 Å². The van der Waals surface area contributed by atoms with Gasteiger partial charge in [0.1, 0.15) is 6.07 Å². The van der Waals surface area contributed by atoms with E-state index in [0.29, 0.717) is 30.8 Å². The summed E-state index contributed by atoms with van der Waals surface area (Å²) in [5.41, 5.74) is 6.13. The number of nitrogens with zero attached hydrogens (tertiary/aromatic N) is 3. The second-order valence-electron chi connectivity index (χ2n) is 5.17. The summed E-state index contributed by atoms with van der Waals surface area (Å²) in [5, 5.41) is 19.9. The van der Waals surface area contributed by atoms with E-state index in [4.69, 9.17) is 11.0 Å². The van der Waals surface area contributed by atoms with E-state index in [2.05, 4.69) is 0 Å². The lowest BCUT2D eigenvalue weighted by Crippen LogP contribution is -2.35. The Hall–Kier alpha value is -2.62. The minimum atomic E-state index is -0.510. The van der Waals surface area contributed by atoms with Crippen LogP contribution in [0.2, 0.25) is 0 Å². The van der Waals surface area contributed by atoms with Gasteiger partial charge in [0.15, 0.2) is 0 Å². The fraction of sp³-hybridized carbons (Fsp3) is 0.429. The molecule has 1 amide bonds. The number of rotatable bonds is 4. The predicted molar refractivity (Wildman–Crippen MR) is 76.6 cm³/mol. The Kier molecular flexibility index (Phi) is 4.38. The SMILES string of the molecule is N#Cc1cc([N+](=O)[O-])ccc1N1CCC(CC(N)=O)CC1. The third kappa shape index (κ3) is 3.48. The van der Waals surface area contributed by atoms with E-state index in [1.54, 1.807) is 6.07 Å². The molecule has 7 heteroatoms. The van der Waals surface area contributed by atoms with Crippen molar-refractivity contribution in [2.45, 2.75) is 19.3 Å². The maximum absolute atomic E-state index is 10.9. The summed E-state index contributed by atoms with van der Waals surface area (Å²) in [7, 11) is 0. The number of piperidine rings is 1. The number of hydrogen-bond donors (Lipinski definition) is 1. The molecule has 2 N–H and O–H groups in total. The number of hydrogen-bond acceptors (Lipinski definition) is 5. The van der Waals surface area contributed by atoms with Gasteiger partial charge in [-0.2, -0.15) is 5.26 Å². The second-order valence-corrected chi connectivity index (χ2v) is 5.17. The first kappa shape index (κ1) is 14.8. The van der Waals surface area contributed by atoms with Crippen molar-refractivity contribution in [3.05, 3.63) is 33.9 Å². The molecule has 1 aliphatic heterocycles. The first-order chi connectivity index (χ1) is 10.0. The zero-order valence-corrected chi connectivity index (χ0v) is 11.5. The summed E-state index contributed by atoms with van der Waals surface area (Å²) in [6.45, 7) is 1.43. The molecule has 1 fully saturated rings. The lowest BCUT2D eigenvalue weighted by Gasteiger charge is -2.33. The average molecular weight is 288 g/mol. The van der Waals surface area contributed by atoms with Crippen molar-refractivity contribution >= 4 is 17.3 Å². The molecule has 0 radical (unpaired) electrons. The molecule has 0 saturated carbocycles. The molecular weight excluding hydrogens is 272 g/mol. The summed E-state index contributed by atoms with van der Waals surface area (Å²) in [6.07, 6.45) is 2.04. The Bertz CT molecular complexity index is 601. The zero-order valence-electron chi connectivity index (χ0n) is 11.5. The molecule has 1 aromatic carbocycles. The first-order valence-electron chi connectivity index (χ1n) is 6.73. The largest absolute Gasteiger partial charge is 0.370 e. The Morgan fingerprint density at radius 3 is 2.67 bits per heavy atom. The highest BCUT2D eigenvalue weighted by Gasteiger charge is 2.23. The molecular formula is C14H16N4O3. The van der Waals surface area contributed by atoms with Crippen molar-refractivity contribution < 1.29 is 9.72 Å². The molecule has 7 nitrogen and oxygen atoms in total. The van der Waals surface area contributed by atoms with Crippen LogP contribution in [0.3, 0.4) is 0 Å². The summed E-state index contributed by atoms with van der Waals surface area (Å²) in [5.74, 6) is -0.0103. The molecule has 1 saturated heterocycles. The monoisotopic (exact) mass is 288 g/mol. The van der Waals surface area contributed by atoms with Gasteiger partial charge in [0.2, 0.25) is 5.91 Å². The molecule has 21 heavy (non-hydrogen) atoms. The smallest absolute Gasteiger partial charge is 0.270 e. The van der Waals surface area contributed by atoms with E-state index in [1.165, 1.54) is 12.1 Å². The Morgan fingerprint density at radius 1 is 1.48 bits per heavy atom. The Labute approximate surface area is 122 Å². The van der Waals surface area contributed by atoms with Crippen LogP contribution in [-0.4, -0.2) is 23.9 Å². The lowest BCUT2D eigenvalue weighted by atomic mass is 9.92. The zero-order chi connectivity index (χ0) is 15.4. The standard InChI is InChI=1S/C14H16N4O3/c15-9-11-8-12(18(20)21)1-2-13(11)17-5-3-10(4-6-17)7-14(16)19/h1-2,8,10H,3-7H2,(H2,16,19). The maximum atomic E-state index is 10.9. The van der Waals surface area contributed by atoms with Crippen molar-refractivity contribution in [3.8, 4) is 6.07 Å². The van der Waals surface area contributed by atoms with Gasteiger partial charge in [-0.1, -0.05) is 0 Å². The highest BCUT2D eigenvalue weighted by molar-refractivity contribution is 5.74. The molecule has 0 aliphatic carbocycles. The summed E-state index contributed by atoms with van der Waals surface area (Å²) in [4.78, 5) is 23.2. The fourth-order valence-corrected chi connectivity index (χ4v) is 2.67. The van der Waals surface area contributed by atoms with E-state index in [0.717, 1.165) is 12.8 Å². The molecule has 0 unspecified atom stereocenters. The molecule has 110 valence electrons. The van der Waals surface area contributed by atoms with E-state index in [9.17, 15) is 14.9 Å². The number of carbonyl (C=O) groups excluding carboxylic acids is 1. The predicted octanol–water partition coefficient (Wildman–Crippen LogP) is 1.56. The summed E-state index contributed by atoms with van der Waals surface area (Å²) in [6, 6.07) is 6.33. The van der Waals surface area contributed by atoms with Crippen LogP contribution in [0.5, 0.6) is 0 Å². The van der Waals surface area contributed by atoms with E-state index >= 15 is 0 Å². The number of nitro groups is 1. The number of carbonyl (C=O) groups is 1. The minimum absolute atomic E-state index is 0.0843. The molecule has 1 aromatic rings. The van der Waals surface area contributed by atoms with Gasteiger partial charge in [0.05, 0.1) is 16.2 Å². The van der Waals surface area contributed by atoms with E-state index in [1.807, 2.05) is 11.0 Å². The Balaban J connectivity index is 2.12. The van der Waals surface area contributed by atoms with Gasteiger partial charge in [0, 0.05) is 31.6 Å². The van der Waals surface area contributed by atoms with Crippen LogP contribution in [0.25, 0.3) is 0 Å². The molecule has 1 heterocycles. The van der Waals surface area contributed by atoms with Gasteiger partial charge >= 0.3 is 0 Å². The van der Waals surface area contributed by atoms with Crippen molar-refractivity contribution in [2.24, 2.45) is 11.7 Å². The second kappa shape index (κ2) is 6.22. The van der Waals surface area contributed by atoms with Crippen LogP contribution in [-0.2, 0) is 4.79 Å². The highest BCUT2D eigenvalue weighted by atomic mass is 16.6. The van der Waals surface area contributed by atoms with Gasteiger partial charge in [-0.15, -0.1) is 0 Å². The summed E-state index contributed by atoms with van der Waals surface area (Å²) >= 11 is 0. The number of anilines is 1. The summed E-state index contributed by atoms with van der Waals surface area (Å²) < 4.78 is 0. The molecule has 0 atom stereocenters. The van der Waals surface area contributed by atoms with E-state index < -0.39 is 4.92 Å². The number of primary amides is 1. The number of benzene rings is 1. The molecule has 0 spiro atoms. The van der Waals surface area contributed by atoms with Crippen LogP contribution in [0.1, 0.15) is 24.8 Å². The van der Waals surface area contributed by atoms with Crippen molar-refractivity contribution in [2.75, 3.05) is 18.0 Å². The molecule has 0 bridgehead atoms. The maximum Gasteiger partial charge on any atom is 0.270 e. The molecule has 0 aromatic heterocycles. The molecule has 1 aliphatic rings. The molecule has 2 rings (SSSR count).